The van der Waals surface area contributed by atoms with Crippen LogP contribution in [0.5, 0.6) is 11.6 Å². The van der Waals surface area contributed by atoms with Crippen LogP contribution in [0.2, 0.25) is 0 Å². The van der Waals surface area contributed by atoms with E-state index < -0.39 is 0 Å². The van der Waals surface area contributed by atoms with Gasteiger partial charge >= 0.3 is 0 Å². The van der Waals surface area contributed by atoms with Crippen molar-refractivity contribution in [1.29, 1.82) is 0 Å². The Balaban J connectivity index is 2.35. The van der Waals surface area contributed by atoms with Gasteiger partial charge in [-0.1, -0.05) is 12.1 Å². The van der Waals surface area contributed by atoms with Crippen LogP contribution in [0.15, 0.2) is 30.5 Å². The van der Waals surface area contributed by atoms with E-state index in [9.17, 15) is 4.39 Å². The number of ether oxygens (including phenoxy) is 1. The molecule has 1 aromatic heterocycles. The molecule has 0 amide bonds. The fraction of sp³-hybridized carbons (Fsp3) is 0.154. The number of hydrogen-bond donors (Lipinski definition) is 1. The topological polar surface area (TPSA) is 48.1 Å². The molecule has 0 bridgehead atoms. The first kappa shape index (κ1) is 11.4. The summed E-state index contributed by atoms with van der Waals surface area (Å²) in [6.07, 6.45) is 1.48. The number of nitrogens with two attached hydrogens (primary N) is 1. The average molecular weight is 232 g/mol. The van der Waals surface area contributed by atoms with Crippen molar-refractivity contribution in [3.05, 3.63) is 47.4 Å². The van der Waals surface area contributed by atoms with Crippen LogP contribution in [0, 0.1) is 19.7 Å². The number of aryl methyl sites for hydroxylation is 2. The number of pyridine rings is 1. The molecule has 88 valence electrons. The summed E-state index contributed by atoms with van der Waals surface area (Å²) in [7, 11) is 0. The van der Waals surface area contributed by atoms with Gasteiger partial charge in [0, 0.05) is 5.56 Å². The normalized spacial score (nSPS) is 10.3. The van der Waals surface area contributed by atoms with E-state index in [1.807, 2.05) is 6.92 Å². The van der Waals surface area contributed by atoms with Gasteiger partial charge in [0.15, 0.2) is 11.6 Å². The predicted molar refractivity (Wildman–Crippen MR) is 64.6 cm³/mol. The summed E-state index contributed by atoms with van der Waals surface area (Å²) in [5.74, 6) is 0.166. The van der Waals surface area contributed by atoms with E-state index >= 15 is 0 Å². The number of anilines is 1. The molecule has 0 saturated carbocycles. The van der Waals surface area contributed by atoms with Gasteiger partial charge in [0.05, 0.1) is 11.9 Å². The van der Waals surface area contributed by atoms with Crippen LogP contribution in [0.3, 0.4) is 0 Å². The number of halogens is 1. The molecule has 0 atom stereocenters. The molecule has 2 rings (SSSR count). The molecule has 0 saturated heterocycles. The summed E-state index contributed by atoms with van der Waals surface area (Å²) in [5, 5.41) is 0. The van der Waals surface area contributed by atoms with Gasteiger partial charge in [0.1, 0.15) is 0 Å². The van der Waals surface area contributed by atoms with Crippen LogP contribution in [0.1, 0.15) is 11.1 Å². The van der Waals surface area contributed by atoms with Gasteiger partial charge in [-0.25, -0.2) is 9.37 Å². The van der Waals surface area contributed by atoms with E-state index in [-0.39, 0.29) is 11.6 Å². The molecule has 3 nitrogen and oxygen atoms in total. The van der Waals surface area contributed by atoms with E-state index in [1.165, 1.54) is 6.20 Å². The first-order valence-electron chi connectivity index (χ1n) is 5.23. The molecule has 1 heterocycles. The lowest BCUT2D eigenvalue weighted by Gasteiger charge is -2.09. The molecule has 0 radical (unpaired) electrons. The quantitative estimate of drug-likeness (QED) is 0.864. The highest BCUT2D eigenvalue weighted by molar-refractivity contribution is 5.43. The van der Waals surface area contributed by atoms with Crippen LogP contribution in [-0.2, 0) is 0 Å². The molecule has 0 spiro atoms. The smallest absolute Gasteiger partial charge is 0.222 e. The van der Waals surface area contributed by atoms with Crippen LogP contribution in [-0.4, -0.2) is 4.98 Å². The van der Waals surface area contributed by atoms with Crippen molar-refractivity contribution in [2.24, 2.45) is 0 Å². The zero-order valence-corrected chi connectivity index (χ0v) is 9.70. The Bertz CT molecular complexity index is 555. The van der Waals surface area contributed by atoms with E-state index in [2.05, 4.69) is 4.98 Å². The van der Waals surface area contributed by atoms with Crippen molar-refractivity contribution in [1.82, 2.24) is 4.98 Å². The van der Waals surface area contributed by atoms with Crippen molar-refractivity contribution in [3.8, 4) is 11.6 Å². The third-order valence-electron chi connectivity index (χ3n) is 2.41. The Morgan fingerprint density at radius 1 is 1.24 bits per heavy atom. The number of rotatable bonds is 2. The molecule has 2 N–H and O–H groups in total. The van der Waals surface area contributed by atoms with Crippen LogP contribution in [0.4, 0.5) is 10.1 Å². The van der Waals surface area contributed by atoms with Crippen molar-refractivity contribution in [2.45, 2.75) is 13.8 Å². The first-order chi connectivity index (χ1) is 8.08. The summed E-state index contributed by atoms with van der Waals surface area (Å²) >= 11 is 0. The maximum atomic E-state index is 13.7. The van der Waals surface area contributed by atoms with Gasteiger partial charge in [-0.2, -0.15) is 0 Å². The standard InChI is InChI=1S/C13H13FN2O/c1-8-4-3-5-11(12(8)14)17-13-9(2)6-10(15)7-16-13/h3-7H,15H2,1-2H3. The van der Waals surface area contributed by atoms with Crippen molar-refractivity contribution in [3.63, 3.8) is 0 Å². The highest BCUT2D eigenvalue weighted by Crippen LogP contribution is 2.27. The highest BCUT2D eigenvalue weighted by Gasteiger charge is 2.09. The Morgan fingerprint density at radius 3 is 2.71 bits per heavy atom. The molecule has 2 aromatic rings. The molecular weight excluding hydrogens is 219 g/mol. The van der Waals surface area contributed by atoms with Gasteiger partial charge in [0.2, 0.25) is 5.88 Å². The number of benzene rings is 1. The van der Waals surface area contributed by atoms with Gasteiger partial charge in [-0.3, -0.25) is 0 Å². The zero-order valence-electron chi connectivity index (χ0n) is 9.70. The van der Waals surface area contributed by atoms with Gasteiger partial charge in [-0.05, 0) is 31.5 Å². The van der Waals surface area contributed by atoms with Gasteiger partial charge in [0.25, 0.3) is 0 Å². The molecule has 4 heteroatoms. The lowest BCUT2D eigenvalue weighted by molar-refractivity contribution is 0.423. The number of nitrogen functional groups attached to an aromatic ring is 1. The van der Waals surface area contributed by atoms with Crippen LogP contribution >= 0.6 is 0 Å². The monoisotopic (exact) mass is 232 g/mol. The molecular formula is C13H13FN2O. The zero-order chi connectivity index (χ0) is 12.4. The lowest BCUT2D eigenvalue weighted by atomic mass is 10.2. The minimum Gasteiger partial charge on any atom is -0.436 e. The fourth-order valence-electron chi connectivity index (χ4n) is 1.49. The van der Waals surface area contributed by atoms with Crippen molar-refractivity contribution >= 4 is 5.69 Å². The fourth-order valence-corrected chi connectivity index (χ4v) is 1.49. The van der Waals surface area contributed by atoms with Crippen LogP contribution < -0.4 is 10.5 Å². The Labute approximate surface area is 99.1 Å². The summed E-state index contributed by atoms with van der Waals surface area (Å²) in [6.45, 7) is 3.50. The molecule has 0 aliphatic heterocycles. The first-order valence-corrected chi connectivity index (χ1v) is 5.23. The van der Waals surface area contributed by atoms with Crippen molar-refractivity contribution < 1.29 is 9.13 Å². The SMILES string of the molecule is Cc1cc(N)cnc1Oc1cccc(C)c1F. The number of nitrogens with zero attached hydrogens (tertiary/aromatic N) is 1. The molecule has 0 aliphatic rings. The summed E-state index contributed by atoms with van der Waals surface area (Å²) in [6, 6.07) is 6.72. The second-order valence-corrected chi connectivity index (χ2v) is 3.88. The largest absolute Gasteiger partial charge is 0.436 e. The van der Waals surface area contributed by atoms with E-state index in [0.29, 0.717) is 17.1 Å². The van der Waals surface area contributed by atoms with E-state index in [0.717, 1.165) is 5.56 Å². The summed E-state index contributed by atoms with van der Waals surface area (Å²) in [4.78, 5) is 4.03. The third-order valence-corrected chi connectivity index (χ3v) is 2.41. The van der Waals surface area contributed by atoms with E-state index in [1.54, 1.807) is 31.2 Å². The van der Waals surface area contributed by atoms with Crippen LogP contribution in [0.25, 0.3) is 0 Å². The van der Waals surface area contributed by atoms with Gasteiger partial charge < -0.3 is 10.5 Å². The van der Waals surface area contributed by atoms with E-state index in [4.69, 9.17) is 10.5 Å². The minimum absolute atomic E-state index is 0.172. The Kier molecular flexibility index (Phi) is 2.95. The second kappa shape index (κ2) is 4.41. The molecule has 0 fully saturated rings. The number of hydrogen-bond acceptors (Lipinski definition) is 3. The maximum absolute atomic E-state index is 13.7. The molecule has 0 unspecified atom stereocenters. The van der Waals surface area contributed by atoms with Gasteiger partial charge in [-0.15, -0.1) is 0 Å². The lowest BCUT2D eigenvalue weighted by Crippen LogP contribution is -1.96. The Hall–Kier alpha value is -2.10. The van der Waals surface area contributed by atoms with Crippen molar-refractivity contribution in [2.75, 3.05) is 5.73 Å². The number of aromatic nitrogens is 1. The minimum atomic E-state index is -0.370. The molecule has 0 aliphatic carbocycles. The highest BCUT2D eigenvalue weighted by atomic mass is 19.1. The second-order valence-electron chi connectivity index (χ2n) is 3.88. The maximum Gasteiger partial charge on any atom is 0.222 e. The average Bonchev–Trinajstić information content (AvgIpc) is 2.28. The molecule has 1 aromatic carbocycles. The Morgan fingerprint density at radius 2 is 2.00 bits per heavy atom. The summed E-state index contributed by atoms with van der Waals surface area (Å²) < 4.78 is 19.2. The molecule has 17 heavy (non-hydrogen) atoms. The summed E-state index contributed by atoms with van der Waals surface area (Å²) in [5.41, 5.74) is 7.44. The predicted octanol–water partition coefficient (Wildman–Crippen LogP) is 3.21. The third kappa shape index (κ3) is 2.36.